The first-order valence-corrected chi connectivity index (χ1v) is 9.41. The maximum atomic E-state index is 13.3. The number of hydrogen-bond donors (Lipinski definition) is 0. The number of hydrogen-bond acceptors (Lipinski definition) is 3. The third kappa shape index (κ3) is 2.41. The Morgan fingerprint density at radius 3 is 2.88 bits per heavy atom. The number of carbonyl (C=O) groups excluding carboxylic acids is 1. The molecule has 3 aliphatic rings. The van der Waals surface area contributed by atoms with Crippen LogP contribution in [0.5, 0.6) is 0 Å². The smallest absolute Gasteiger partial charge is 0.275 e. The highest BCUT2D eigenvalue weighted by Crippen LogP contribution is 2.33. The van der Waals surface area contributed by atoms with Crippen LogP contribution in [0.15, 0.2) is 30.3 Å². The Morgan fingerprint density at radius 2 is 2.00 bits per heavy atom. The highest BCUT2D eigenvalue weighted by Gasteiger charge is 2.40. The largest absolute Gasteiger partial charge is 0.374 e. The number of aromatic nitrogens is 2. The topological polar surface area (TPSA) is 47.4 Å². The molecule has 1 aliphatic heterocycles. The van der Waals surface area contributed by atoms with E-state index in [9.17, 15) is 4.79 Å². The van der Waals surface area contributed by atoms with Crippen LogP contribution in [0.25, 0.3) is 5.69 Å². The van der Waals surface area contributed by atoms with Crippen molar-refractivity contribution < 1.29 is 9.53 Å². The van der Waals surface area contributed by atoms with Gasteiger partial charge in [0.25, 0.3) is 5.91 Å². The van der Waals surface area contributed by atoms with Crippen LogP contribution in [0.3, 0.4) is 0 Å². The summed E-state index contributed by atoms with van der Waals surface area (Å²) in [6.45, 7) is 1.33. The quantitative estimate of drug-likeness (QED) is 0.846. The van der Waals surface area contributed by atoms with Crippen molar-refractivity contribution in [2.75, 3.05) is 13.2 Å². The Hall–Kier alpha value is -2.14. The number of carbonyl (C=O) groups is 1. The average molecular weight is 337 g/mol. The van der Waals surface area contributed by atoms with Crippen molar-refractivity contribution in [3.63, 3.8) is 0 Å². The van der Waals surface area contributed by atoms with E-state index in [0.29, 0.717) is 18.8 Å². The van der Waals surface area contributed by atoms with Crippen LogP contribution in [0, 0.1) is 0 Å². The summed E-state index contributed by atoms with van der Waals surface area (Å²) in [5.41, 5.74) is 4.09. The molecule has 25 heavy (non-hydrogen) atoms. The molecule has 2 heterocycles. The maximum Gasteiger partial charge on any atom is 0.275 e. The molecule has 1 aromatic heterocycles. The van der Waals surface area contributed by atoms with E-state index >= 15 is 0 Å². The van der Waals surface area contributed by atoms with Crippen LogP contribution in [-0.4, -0.2) is 45.9 Å². The lowest BCUT2D eigenvalue weighted by Gasteiger charge is -2.37. The number of ether oxygens (including phenoxy) is 1. The summed E-state index contributed by atoms with van der Waals surface area (Å²) < 4.78 is 7.85. The normalized spacial score (nSPS) is 25.0. The molecular formula is C20H23N3O2. The van der Waals surface area contributed by atoms with Crippen molar-refractivity contribution in [3.8, 4) is 5.69 Å². The lowest BCUT2D eigenvalue weighted by atomic mass is 10.1. The Morgan fingerprint density at radius 1 is 1.12 bits per heavy atom. The number of nitrogens with zero attached hydrogens (tertiary/aromatic N) is 3. The van der Waals surface area contributed by atoms with E-state index in [-0.39, 0.29) is 18.1 Å². The molecular weight excluding hydrogens is 314 g/mol. The van der Waals surface area contributed by atoms with E-state index in [4.69, 9.17) is 9.84 Å². The van der Waals surface area contributed by atoms with E-state index in [1.54, 1.807) is 0 Å². The average Bonchev–Trinajstić information content (AvgIpc) is 3.37. The Labute approximate surface area is 147 Å². The van der Waals surface area contributed by atoms with Gasteiger partial charge in [-0.15, -0.1) is 0 Å². The highest BCUT2D eigenvalue weighted by atomic mass is 16.5. The van der Waals surface area contributed by atoms with Crippen LogP contribution in [0.1, 0.15) is 47.4 Å². The van der Waals surface area contributed by atoms with Crippen LogP contribution in [0.2, 0.25) is 0 Å². The molecule has 0 N–H and O–H groups in total. The van der Waals surface area contributed by atoms with E-state index in [0.717, 1.165) is 49.8 Å². The molecule has 1 aromatic carbocycles. The number of morpholine rings is 1. The van der Waals surface area contributed by atoms with Gasteiger partial charge in [0.2, 0.25) is 0 Å². The Bertz CT molecular complexity index is 799. The highest BCUT2D eigenvalue weighted by molar-refractivity contribution is 5.94. The number of rotatable bonds is 2. The fourth-order valence-corrected chi connectivity index (χ4v) is 4.71. The van der Waals surface area contributed by atoms with Crippen molar-refractivity contribution >= 4 is 5.91 Å². The van der Waals surface area contributed by atoms with Gasteiger partial charge in [0.05, 0.1) is 24.4 Å². The van der Waals surface area contributed by atoms with Gasteiger partial charge in [0.1, 0.15) is 0 Å². The molecule has 2 atom stereocenters. The molecule has 0 spiro atoms. The van der Waals surface area contributed by atoms with Gasteiger partial charge in [0.15, 0.2) is 5.69 Å². The summed E-state index contributed by atoms with van der Waals surface area (Å²) in [6.07, 6.45) is 6.57. The molecule has 1 saturated carbocycles. The minimum Gasteiger partial charge on any atom is -0.374 e. The van der Waals surface area contributed by atoms with E-state index in [2.05, 4.69) is 12.1 Å². The molecule has 1 amide bonds. The molecule has 2 fully saturated rings. The van der Waals surface area contributed by atoms with E-state index in [1.807, 2.05) is 27.8 Å². The van der Waals surface area contributed by atoms with Gasteiger partial charge in [-0.25, -0.2) is 4.68 Å². The first-order valence-electron chi connectivity index (χ1n) is 9.41. The molecule has 2 aromatic rings. The predicted octanol–water partition coefficient (Wildman–Crippen LogP) is 2.75. The van der Waals surface area contributed by atoms with Crippen LogP contribution < -0.4 is 0 Å². The molecule has 1 saturated heterocycles. The second-order valence-corrected chi connectivity index (χ2v) is 7.28. The lowest BCUT2D eigenvalue weighted by Crippen LogP contribution is -2.51. The van der Waals surface area contributed by atoms with Gasteiger partial charge in [-0.1, -0.05) is 18.2 Å². The second-order valence-electron chi connectivity index (χ2n) is 7.28. The summed E-state index contributed by atoms with van der Waals surface area (Å²) >= 11 is 0. The third-order valence-electron chi connectivity index (χ3n) is 5.88. The number of para-hydroxylation sites is 1. The minimum absolute atomic E-state index is 0.105. The first kappa shape index (κ1) is 15.1. The fraction of sp³-hybridized carbons (Fsp3) is 0.500. The molecule has 5 nitrogen and oxygen atoms in total. The zero-order chi connectivity index (χ0) is 16.8. The third-order valence-corrected chi connectivity index (χ3v) is 5.88. The van der Waals surface area contributed by atoms with Gasteiger partial charge >= 0.3 is 0 Å². The zero-order valence-electron chi connectivity index (χ0n) is 14.4. The molecule has 5 heteroatoms. The van der Waals surface area contributed by atoms with Gasteiger partial charge < -0.3 is 9.64 Å². The van der Waals surface area contributed by atoms with Gasteiger partial charge in [-0.05, 0) is 50.7 Å². The van der Waals surface area contributed by atoms with Crippen molar-refractivity contribution in [2.24, 2.45) is 0 Å². The van der Waals surface area contributed by atoms with Crippen molar-refractivity contribution in [1.29, 1.82) is 0 Å². The minimum atomic E-state index is 0.105. The van der Waals surface area contributed by atoms with Crippen molar-refractivity contribution in [3.05, 3.63) is 47.3 Å². The summed E-state index contributed by atoms with van der Waals surface area (Å²) in [6, 6.07) is 10.4. The second kappa shape index (κ2) is 5.99. The summed E-state index contributed by atoms with van der Waals surface area (Å²) in [4.78, 5) is 15.4. The van der Waals surface area contributed by atoms with Crippen molar-refractivity contribution in [2.45, 2.75) is 50.7 Å². The predicted molar refractivity (Wildman–Crippen MR) is 94.0 cm³/mol. The maximum absolute atomic E-state index is 13.3. The van der Waals surface area contributed by atoms with Crippen molar-refractivity contribution in [1.82, 2.24) is 14.7 Å². The van der Waals surface area contributed by atoms with Gasteiger partial charge in [-0.2, -0.15) is 5.10 Å². The van der Waals surface area contributed by atoms with Crippen LogP contribution in [-0.2, 0) is 17.6 Å². The van der Waals surface area contributed by atoms with Crippen LogP contribution in [0.4, 0.5) is 0 Å². The molecule has 0 unspecified atom stereocenters. The molecule has 0 radical (unpaired) electrons. The standard InChI is InChI=1S/C20H23N3O2/c24-20(22-12-13-25-18-11-5-10-17(18)22)19-15-8-4-9-16(15)23(21-19)14-6-2-1-3-7-14/h1-3,6-7,17-18H,4-5,8-13H2/t17-,18-/m0/s1. The number of fused-ring (bicyclic) bond motifs is 2. The fourth-order valence-electron chi connectivity index (χ4n) is 4.71. The lowest BCUT2D eigenvalue weighted by molar-refractivity contribution is -0.0447. The van der Waals surface area contributed by atoms with Gasteiger partial charge in [-0.3, -0.25) is 4.79 Å². The summed E-state index contributed by atoms with van der Waals surface area (Å²) in [5.74, 6) is 0.105. The number of amides is 1. The monoisotopic (exact) mass is 337 g/mol. The molecule has 5 rings (SSSR count). The van der Waals surface area contributed by atoms with E-state index < -0.39 is 0 Å². The van der Waals surface area contributed by atoms with Gasteiger partial charge in [0, 0.05) is 17.8 Å². The van der Waals surface area contributed by atoms with E-state index in [1.165, 1.54) is 5.69 Å². The SMILES string of the molecule is O=C(c1nn(-c2ccccc2)c2c1CCC2)N1CCO[C@H]2CCC[C@@H]21. The molecule has 0 bridgehead atoms. The molecule has 130 valence electrons. The number of benzene rings is 1. The Kier molecular flexibility index (Phi) is 3.63. The first-order chi connectivity index (χ1) is 12.3. The van der Waals surface area contributed by atoms with Crippen LogP contribution >= 0.6 is 0 Å². The summed E-state index contributed by atoms with van der Waals surface area (Å²) in [5, 5.41) is 4.78. The molecule has 2 aliphatic carbocycles. The zero-order valence-corrected chi connectivity index (χ0v) is 14.4. The Balaban J connectivity index is 1.53. The summed E-state index contributed by atoms with van der Waals surface area (Å²) in [7, 11) is 0.